The highest BCUT2D eigenvalue weighted by Gasteiger charge is 2.28. The van der Waals surface area contributed by atoms with E-state index < -0.39 is 0 Å². The number of nitrogens with two attached hydrogens (primary N) is 1. The first-order valence-corrected chi connectivity index (χ1v) is 5.94. The Bertz CT molecular complexity index is 145. The lowest BCUT2D eigenvalue weighted by molar-refractivity contribution is 0.0573. The molecule has 2 atom stereocenters. The molecule has 0 aromatic carbocycles. The number of nitrogens with one attached hydrogen (secondary N) is 1. The van der Waals surface area contributed by atoms with Gasteiger partial charge < -0.3 is 15.8 Å². The molecule has 0 radical (unpaired) electrons. The zero-order valence-electron chi connectivity index (χ0n) is 8.87. The SMILES string of the molecule is NC(C1CCCCC1)C1COCCN1. The van der Waals surface area contributed by atoms with Crippen molar-refractivity contribution in [2.75, 3.05) is 19.8 Å². The molecule has 2 fully saturated rings. The molecule has 3 N–H and O–H groups in total. The third kappa shape index (κ3) is 2.47. The molecule has 1 heterocycles. The van der Waals surface area contributed by atoms with Gasteiger partial charge in [-0.1, -0.05) is 19.3 Å². The van der Waals surface area contributed by atoms with Crippen molar-refractivity contribution in [1.29, 1.82) is 0 Å². The van der Waals surface area contributed by atoms with Gasteiger partial charge in [0.2, 0.25) is 0 Å². The Hall–Kier alpha value is -0.120. The molecule has 2 aliphatic rings. The van der Waals surface area contributed by atoms with Crippen LogP contribution in [-0.2, 0) is 4.74 Å². The van der Waals surface area contributed by atoms with Crippen LogP contribution in [0, 0.1) is 5.92 Å². The van der Waals surface area contributed by atoms with Crippen molar-refractivity contribution in [2.45, 2.75) is 44.2 Å². The maximum Gasteiger partial charge on any atom is 0.0635 e. The molecule has 0 aromatic heterocycles. The van der Waals surface area contributed by atoms with Gasteiger partial charge in [-0.05, 0) is 18.8 Å². The molecular formula is C11H22N2O. The molecular weight excluding hydrogens is 176 g/mol. The van der Waals surface area contributed by atoms with E-state index in [9.17, 15) is 0 Å². The van der Waals surface area contributed by atoms with Crippen molar-refractivity contribution in [3.05, 3.63) is 0 Å². The van der Waals surface area contributed by atoms with E-state index in [0.717, 1.165) is 25.7 Å². The van der Waals surface area contributed by atoms with E-state index in [1.54, 1.807) is 0 Å². The van der Waals surface area contributed by atoms with Gasteiger partial charge in [-0.3, -0.25) is 0 Å². The second kappa shape index (κ2) is 5.10. The van der Waals surface area contributed by atoms with E-state index in [-0.39, 0.29) is 0 Å². The van der Waals surface area contributed by atoms with Crippen LogP contribution in [0.5, 0.6) is 0 Å². The van der Waals surface area contributed by atoms with Crippen molar-refractivity contribution in [3.63, 3.8) is 0 Å². The van der Waals surface area contributed by atoms with Crippen LogP contribution >= 0.6 is 0 Å². The molecule has 0 amide bonds. The fraction of sp³-hybridized carbons (Fsp3) is 1.00. The smallest absolute Gasteiger partial charge is 0.0635 e. The van der Waals surface area contributed by atoms with Crippen LogP contribution in [0.2, 0.25) is 0 Å². The molecule has 1 aliphatic carbocycles. The molecule has 3 heteroatoms. The normalized spacial score (nSPS) is 32.8. The monoisotopic (exact) mass is 198 g/mol. The predicted octanol–water partition coefficient (Wildman–Crippen LogP) is 0.882. The summed E-state index contributed by atoms with van der Waals surface area (Å²) in [6, 6.07) is 0.697. The quantitative estimate of drug-likeness (QED) is 0.692. The Morgan fingerprint density at radius 3 is 2.64 bits per heavy atom. The topological polar surface area (TPSA) is 47.3 Å². The minimum Gasteiger partial charge on any atom is -0.378 e. The number of hydrogen-bond donors (Lipinski definition) is 2. The largest absolute Gasteiger partial charge is 0.378 e. The van der Waals surface area contributed by atoms with Crippen LogP contribution < -0.4 is 11.1 Å². The molecule has 2 unspecified atom stereocenters. The fourth-order valence-corrected chi connectivity index (χ4v) is 2.68. The van der Waals surface area contributed by atoms with Crippen LogP contribution in [0.15, 0.2) is 0 Å². The average Bonchev–Trinajstić information content (AvgIpc) is 2.30. The standard InChI is InChI=1S/C11H22N2O/c12-11(9-4-2-1-3-5-9)10-8-14-7-6-13-10/h9-11,13H,1-8,12H2. The van der Waals surface area contributed by atoms with Gasteiger partial charge in [0, 0.05) is 18.6 Å². The Balaban J connectivity index is 1.82. The summed E-state index contributed by atoms with van der Waals surface area (Å²) in [5.41, 5.74) is 6.28. The van der Waals surface area contributed by atoms with Crippen molar-refractivity contribution < 1.29 is 4.74 Å². The summed E-state index contributed by atoms with van der Waals surface area (Å²) in [5, 5.41) is 3.47. The molecule has 14 heavy (non-hydrogen) atoms. The minimum absolute atomic E-state index is 0.301. The van der Waals surface area contributed by atoms with E-state index >= 15 is 0 Å². The second-order valence-corrected chi connectivity index (χ2v) is 4.61. The van der Waals surface area contributed by atoms with Crippen molar-refractivity contribution in [1.82, 2.24) is 5.32 Å². The van der Waals surface area contributed by atoms with Gasteiger partial charge in [0.1, 0.15) is 0 Å². The van der Waals surface area contributed by atoms with Gasteiger partial charge in [-0.2, -0.15) is 0 Å². The fourth-order valence-electron chi connectivity index (χ4n) is 2.68. The predicted molar refractivity (Wildman–Crippen MR) is 57.2 cm³/mol. The first kappa shape index (κ1) is 10.4. The van der Waals surface area contributed by atoms with Gasteiger partial charge >= 0.3 is 0 Å². The van der Waals surface area contributed by atoms with Gasteiger partial charge in [0.15, 0.2) is 0 Å². The van der Waals surface area contributed by atoms with Crippen LogP contribution in [-0.4, -0.2) is 31.8 Å². The molecule has 0 aromatic rings. The molecule has 82 valence electrons. The lowest BCUT2D eigenvalue weighted by Crippen LogP contribution is -2.55. The molecule has 0 spiro atoms. The molecule has 1 saturated carbocycles. The number of rotatable bonds is 2. The second-order valence-electron chi connectivity index (χ2n) is 4.61. The average molecular weight is 198 g/mol. The number of ether oxygens (including phenoxy) is 1. The van der Waals surface area contributed by atoms with E-state index in [1.165, 1.54) is 32.1 Å². The van der Waals surface area contributed by atoms with Crippen LogP contribution in [0.25, 0.3) is 0 Å². The van der Waals surface area contributed by atoms with Crippen LogP contribution in [0.4, 0.5) is 0 Å². The molecule has 2 rings (SSSR count). The van der Waals surface area contributed by atoms with Gasteiger partial charge in [-0.15, -0.1) is 0 Å². The first-order valence-electron chi connectivity index (χ1n) is 5.94. The van der Waals surface area contributed by atoms with Crippen molar-refractivity contribution in [3.8, 4) is 0 Å². The summed E-state index contributed by atoms with van der Waals surface area (Å²) in [7, 11) is 0. The third-order valence-corrected chi connectivity index (χ3v) is 3.61. The lowest BCUT2D eigenvalue weighted by atomic mass is 9.81. The molecule has 0 bridgehead atoms. The Kier molecular flexibility index (Phi) is 3.79. The highest BCUT2D eigenvalue weighted by atomic mass is 16.5. The maximum absolute atomic E-state index is 6.28. The van der Waals surface area contributed by atoms with E-state index in [2.05, 4.69) is 5.32 Å². The van der Waals surface area contributed by atoms with Crippen molar-refractivity contribution in [2.24, 2.45) is 11.7 Å². The lowest BCUT2D eigenvalue weighted by Gasteiger charge is -2.35. The van der Waals surface area contributed by atoms with Crippen LogP contribution in [0.1, 0.15) is 32.1 Å². The summed E-state index contributed by atoms with van der Waals surface area (Å²) >= 11 is 0. The summed E-state index contributed by atoms with van der Waals surface area (Å²) in [6.45, 7) is 2.61. The summed E-state index contributed by atoms with van der Waals surface area (Å²) in [4.78, 5) is 0. The third-order valence-electron chi connectivity index (χ3n) is 3.61. The number of hydrogen-bond acceptors (Lipinski definition) is 3. The Morgan fingerprint density at radius 1 is 1.21 bits per heavy atom. The minimum atomic E-state index is 0.301. The maximum atomic E-state index is 6.28. The molecule has 1 saturated heterocycles. The van der Waals surface area contributed by atoms with Gasteiger partial charge in [0.25, 0.3) is 0 Å². The molecule has 3 nitrogen and oxygen atoms in total. The highest BCUT2D eigenvalue weighted by molar-refractivity contribution is 4.87. The van der Waals surface area contributed by atoms with Crippen LogP contribution in [0.3, 0.4) is 0 Å². The summed E-state index contributed by atoms with van der Waals surface area (Å²) < 4.78 is 5.45. The Morgan fingerprint density at radius 2 is 2.00 bits per heavy atom. The first-order chi connectivity index (χ1) is 6.88. The van der Waals surface area contributed by atoms with Crippen molar-refractivity contribution >= 4 is 0 Å². The molecule has 1 aliphatic heterocycles. The zero-order chi connectivity index (χ0) is 9.80. The van der Waals surface area contributed by atoms with E-state index in [4.69, 9.17) is 10.5 Å². The van der Waals surface area contributed by atoms with E-state index in [1.807, 2.05) is 0 Å². The van der Waals surface area contributed by atoms with E-state index in [0.29, 0.717) is 12.1 Å². The number of morpholine rings is 1. The summed E-state index contributed by atoms with van der Waals surface area (Å²) in [5.74, 6) is 0.725. The van der Waals surface area contributed by atoms with Gasteiger partial charge in [-0.25, -0.2) is 0 Å². The van der Waals surface area contributed by atoms with Gasteiger partial charge in [0.05, 0.1) is 13.2 Å². The Labute approximate surface area is 86.4 Å². The highest BCUT2D eigenvalue weighted by Crippen LogP contribution is 2.27. The summed E-state index contributed by atoms with van der Waals surface area (Å²) in [6.07, 6.45) is 6.77. The zero-order valence-corrected chi connectivity index (χ0v) is 8.87.